The van der Waals surface area contributed by atoms with Crippen LogP contribution in [0.4, 0.5) is 5.69 Å². The highest BCUT2D eigenvalue weighted by Gasteiger charge is 2.28. The first-order valence-electron chi connectivity index (χ1n) is 8.15. The monoisotopic (exact) mass is 323 g/mol. The van der Waals surface area contributed by atoms with Crippen LogP contribution in [0.1, 0.15) is 53.1 Å². The first-order valence-corrected chi connectivity index (χ1v) is 8.15. The van der Waals surface area contributed by atoms with Gasteiger partial charge in [0.2, 0.25) is 0 Å². The molecule has 1 atom stereocenters. The first kappa shape index (κ1) is 16.2. The molecule has 124 valence electrons. The number of fused-ring (bicyclic) bond motifs is 1. The fourth-order valence-electron chi connectivity index (χ4n) is 2.84. The number of rotatable bonds is 2. The fourth-order valence-corrected chi connectivity index (χ4v) is 2.84. The standard InChI is InChI=1S/C19H21N3O2/c1-12(2)16-9-8-14(10-20-16)19(24)22-11-13(3)21-18(23)15-6-4-5-7-17(15)22/h4-10,12-13H,11H2,1-3H3,(H,21,23). The van der Waals surface area contributed by atoms with Crippen molar-refractivity contribution >= 4 is 17.5 Å². The van der Waals surface area contributed by atoms with E-state index in [1.807, 2.05) is 19.1 Å². The highest BCUT2D eigenvalue weighted by Crippen LogP contribution is 2.25. The minimum atomic E-state index is -0.151. The Bertz CT molecular complexity index is 768. The number of para-hydroxylation sites is 1. The molecule has 0 aliphatic carbocycles. The van der Waals surface area contributed by atoms with Gasteiger partial charge < -0.3 is 10.2 Å². The Labute approximate surface area is 141 Å². The molecular weight excluding hydrogens is 302 g/mol. The van der Waals surface area contributed by atoms with Crippen molar-refractivity contribution in [3.05, 3.63) is 59.4 Å². The Kier molecular flexibility index (Phi) is 4.34. The Morgan fingerprint density at radius 2 is 2.00 bits per heavy atom. The van der Waals surface area contributed by atoms with E-state index in [9.17, 15) is 9.59 Å². The Morgan fingerprint density at radius 1 is 1.25 bits per heavy atom. The molecule has 2 heterocycles. The van der Waals surface area contributed by atoms with Crippen molar-refractivity contribution < 1.29 is 9.59 Å². The smallest absolute Gasteiger partial charge is 0.259 e. The molecule has 5 heteroatoms. The third kappa shape index (κ3) is 3.02. The summed E-state index contributed by atoms with van der Waals surface area (Å²) in [6.45, 7) is 6.44. The van der Waals surface area contributed by atoms with Crippen LogP contribution in [-0.4, -0.2) is 29.4 Å². The quantitative estimate of drug-likeness (QED) is 0.924. The molecule has 1 aromatic carbocycles. The normalized spacial score (nSPS) is 17.2. The number of aromatic nitrogens is 1. The molecular formula is C19H21N3O2. The number of anilines is 1. The maximum absolute atomic E-state index is 13.0. The molecule has 2 aromatic rings. The average molecular weight is 323 g/mol. The molecule has 1 unspecified atom stereocenters. The van der Waals surface area contributed by atoms with Gasteiger partial charge in [-0.05, 0) is 37.1 Å². The summed E-state index contributed by atoms with van der Waals surface area (Å²) in [5.74, 6) is 0.0187. The Hall–Kier alpha value is -2.69. The molecule has 1 N–H and O–H groups in total. The van der Waals surface area contributed by atoms with Gasteiger partial charge in [0.1, 0.15) is 0 Å². The van der Waals surface area contributed by atoms with E-state index in [1.165, 1.54) is 0 Å². The van der Waals surface area contributed by atoms with Crippen LogP contribution >= 0.6 is 0 Å². The molecule has 0 saturated heterocycles. The molecule has 3 rings (SSSR count). The lowest BCUT2D eigenvalue weighted by molar-refractivity contribution is 0.0939. The lowest BCUT2D eigenvalue weighted by atomic mass is 10.1. The fraction of sp³-hybridized carbons (Fsp3) is 0.316. The number of nitrogens with zero attached hydrogens (tertiary/aromatic N) is 2. The summed E-state index contributed by atoms with van der Waals surface area (Å²) in [4.78, 5) is 31.3. The summed E-state index contributed by atoms with van der Waals surface area (Å²) >= 11 is 0. The van der Waals surface area contributed by atoms with Crippen LogP contribution in [0.2, 0.25) is 0 Å². The maximum Gasteiger partial charge on any atom is 0.259 e. The van der Waals surface area contributed by atoms with Crippen LogP contribution in [0, 0.1) is 0 Å². The van der Waals surface area contributed by atoms with Crippen LogP contribution in [0.3, 0.4) is 0 Å². The van der Waals surface area contributed by atoms with Gasteiger partial charge in [-0.25, -0.2) is 0 Å². The van der Waals surface area contributed by atoms with Crippen LogP contribution in [0.25, 0.3) is 0 Å². The predicted molar refractivity (Wildman–Crippen MR) is 93.4 cm³/mol. The third-order valence-corrected chi connectivity index (χ3v) is 4.14. The van der Waals surface area contributed by atoms with E-state index in [0.29, 0.717) is 29.3 Å². The highest BCUT2D eigenvalue weighted by molar-refractivity contribution is 6.11. The first-order chi connectivity index (χ1) is 11.5. The second-order valence-corrected chi connectivity index (χ2v) is 6.43. The average Bonchev–Trinajstić information content (AvgIpc) is 2.71. The number of carbonyl (C=O) groups is 2. The van der Waals surface area contributed by atoms with E-state index in [2.05, 4.69) is 24.1 Å². The minimum absolute atomic E-state index is 0.128. The second-order valence-electron chi connectivity index (χ2n) is 6.43. The molecule has 0 radical (unpaired) electrons. The van der Waals surface area contributed by atoms with Crippen molar-refractivity contribution in [3.63, 3.8) is 0 Å². The Morgan fingerprint density at radius 3 is 2.67 bits per heavy atom. The van der Waals surface area contributed by atoms with Gasteiger partial charge in [-0.15, -0.1) is 0 Å². The topological polar surface area (TPSA) is 62.3 Å². The van der Waals surface area contributed by atoms with Crippen molar-refractivity contribution in [3.8, 4) is 0 Å². The summed E-state index contributed by atoms with van der Waals surface area (Å²) in [5.41, 5.74) is 2.63. The van der Waals surface area contributed by atoms with E-state index >= 15 is 0 Å². The number of carbonyl (C=O) groups excluding carboxylic acids is 2. The van der Waals surface area contributed by atoms with Gasteiger partial charge in [-0.3, -0.25) is 14.6 Å². The SMILES string of the molecule is CC1CN(C(=O)c2ccc(C(C)C)nc2)c2ccccc2C(=O)N1. The van der Waals surface area contributed by atoms with Crippen molar-refractivity contribution in [2.24, 2.45) is 0 Å². The summed E-state index contributed by atoms with van der Waals surface area (Å²) < 4.78 is 0. The molecule has 0 fully saturated rings. The minimum Gasteiger partial charge on any atom is -0.348 e. The number of hydrogen-bond acceptors (Lipinski definition) is 3. The molecule has 1 aliphatic heterocycles. The number of nitrogens with one attached hydrogen (secondary N) is 1. The summed E-state index contributed by atoms with van der Waals surface area (Å²) in [5, 5.41) is 2.91. The van der Waals surface area contributed by atoms with Gasteiger partial charge in [0.15, 0.2) is 0 Å². The number of amides is 2. The predicted octanol–water partition coefficient (Wildman–Crippen LogP) is 2.98. The van der Waals surface area contributed by atoms with Crippen LogP contribution < -0.4 is 10.2 Å². The van der Waals surface area contributed by atoms with Crippen molar-refractivity contribution in [1.82, 2.24) is 10.3 Å². The zero-order valence-electron chi connectivity index (χ0n) is 14.1. The zero-order chi connectivity index (χ0) is 17.3. The lowest BCUT2D eigenvalue weighted by Gasteiger charge is -2.24. The van der Waals surface area contributed by atoms with Crippen LogP contribution in [0.15, 0.2) is 42.6 Å². The third-order valence-electron chi connectivity index (χ3n) is 4.14. The van der Waals surface area contributed by atoms with Crippen molar-refractivity contribution in [1.29, 1.82) is 0 Å². The van der Waals surface area contributed by atoms with Crippen LogP contribution in [0.5, 0.6) is 0 Å². The lowest BCUT2D eigenvalue weighted by Crippen LogP contribution is -2.41. The molecule has 24 heavy (non-hydrogen) atoms. The van der Waals surface area contributed by atoms with Gasteiger partial charge in [-0.2, -0.15) is 0 Å². The van der Waals surface area contributed by atoms with Gasteiger partial charge in [0.05, 0.1) is 16.8 Å². The summed E-state index contributed by atoms with van der Waals surface area (Å²) in [6, 6.07) is 10.7. The van der Waals surface area contributed by atoms with E-state index in [-0.39, 0.29) is 17.9 Å². The molecule has 0 bridgehead atoms. The van der Waals surface area contributed by atoms with Crippen LogP contribution in [-0.2, 0) is 0 Å². The number of pyridine rings is 1. The summed E-state index contributed by atoms with van der Waals surface area (Å²) in [6.07, 6.45) is 1.62. The van der Waals surface area contributed by atoms with E-state index in [1.54, 1.807) is 35.4 Å². The second kappa shape index (κ2) is 6.43. The largest absolute Gasteiger partial charge is 0.348 e. The van der Waals surface area contributed by atoms with Gasteiger partial charge >= 0.3 is 0 Å². The van der Waals surface area contributed by atoms with E-state index in [0.717, 1.165) is 5.69 Å². The van der Waals surface area contributed by atoms with E-state index in [4.69, 9.17) is 0 Å². The molecule has 2 amide bonds. The van der Waals surface area contributed by atoms with Gasteiger partial charge in [0.25, 0.3) is 11.8 Å². The van der Waals surface area contributed by atoms with E-state index < -0.39 is 0 Å². The van der Waals surface area contributed by atoms with Crippen molar-refractivity contribution in [2.45, 2.75) is 32.7 Å². The highest BCUT2D eigenvalue weighted by atomic mass is 16.2. The number of hydrogen-bond donors (Lipinski definition) is 1. The molecule has 0 spiro atoms. The zero-order valence-corrected chi connectivity index (χ0v) is 14.1. The molecule has 5 nitrogen and oxygen atoms in total. The molecule has 0 saturated carbocycles. The van der Waals surface area contributed by atoms with Gasteiger partial charge in [0, 0.05) is 24.5 Å². The maximum atomic E-state index is 13.0. The molecule has 1 aromatic heterocycles. The number of benzene rings is 1. The summed E-state index contributed by atoms with van der Waals surface area (Å²) in [7, 11) is 0. The molecule has 1 aliphatic rings. The Balaban J connectivity index is 1.98. The van der Waals surface area contributed by atoms with Gasteiger partial charge in [-0.1, -0.05) is 26.0 Å². The van der Waals surface area contributed by atoms with Crippen molar-refractivity contribution in [2.75, 3.05) is 11.4 Å².